The molecule has 2 amide bonds. The van der Waals surface area contributed by atoms with Gasteiger partial charge in [-0.25, -0.2) is 4.79 Å². The summed E-state index contributed by atoms with van der Waals surface area (Å²) in [7, 11) is 0. The van der Waals surface area contributed by atoms with E-state index in [0.717, 1.165) is 4.90 Å². The smallest absolute Gasteiger partial charge is 0.407 e. The Morgan fingerprint density at radius 1 is 1.20 bits per heavy atom. The van der Waals surface area contributed by atoms with Gasteiger partial charge in [0.25, 0.3) is 0 Å². The summed E-state index contributed by atoms with van der Waals surface area (Å²) in [5.74, 6) is -0.378. The van der Waals surface area contributed by atoms with Crippen molar-refractivity contribution in [2.45, 2.75) is 19.9 Å². The summed E-state index contributed by atoms with van der Waals surface area (Å²) < 4.78 is 0. The number of hydrogen-bond acceptors (Lipinski definition) is 3. The van der Waals surface area contributed by atoms with E-state index < -0.39 is 12.1 Å². The minimum atomic E-state index is -1.05. The molecule has 1 saturated heterocycles. The van der Waals surface area contributed by atoms with E-state index in [1.165, 1.54) is 18.7 Å². The molecule has 0 bridgehead atoms. The average Bonchev–Trinajstić information content (AvgIpc) is 2.16. The molecule has 1 rings (SSSR count). The summed E-state index contributed by atoms with van der Waals surface area (Å²) in [6.07, 6.45) is -1.05. The van der Waals surface area contributed by atoms with Crippen molar-refractivity contribution < 1.29 is 19.5 Å². The highest BCUT2D eigenvalue weighted by Crippen LogP contribution is 2.11. The van der Waals surface area contributed by atoms with Crippen molar-refractivity contribution in [3.63, 3.8) is 0 Å². The molecule has 1 aliphatic rings. The number of hydrogen-bond donors (Lipinski definition) is 1. The molecule has 1 heterocycles. The lowest BCUT2D eigenvalue weighted by molar-refractivity contribution is -0.140. The first kappa shape index (κ1) is 11.5. The van der Waals surface area contributed by atoms with E-state index in [4.69, 9.17) is 5.11 Å². The fourth-order valence-electron chi connectivity index (χ4n) is 1.68. The Bertz CT molecular complexity index is 302. The normalized spacial score (nSPS) is 21.3. The van der Waals surface area contributed by atoms with Gasteiger partial charge in [-0.3, -0.25) is 9.59 Å². The standard InChI is InChI=1S/C9H14N2O4/c1-6(12)8-5-10(9(14)15)3-4-11(8)7(2)13/h8H,3-5H2,1-2H3,(H,14,15). The molecule has 0 aromatic heterocycles. The van der Waals surface area contributed by atoms with Gasteiger partial charge in [-0.15, -0.1) is 0 Å². The van der Waals surface area contributed by atoms with Gasteiger partial charge >= 0.3 is 6.09 Å². The van der Waals surface area contributed by atoms with E-state index in [2.05, 4.69) is 0 Å². The van der Waals surface area contributed by atoms with Crippen LogP contribution in [0.2, 0.25) is 0 Å². The van der Waals surface area contributed by atoms with E-state index in [0.29, 0.717) is 0 Å². The van der Waals surface area contributed by atoms with E-state index in [9.17, 15) is 14.4 Å². The van der Waals surface area contributed by atoms with Crippen LogP contribution < -0.4 is 0 Å². The number of carbonyl (C=O) groups excluding carboxylic acids is 2. The van der Waals surface area contributed by atoms with Gasteiger partial charge in [-0.05, 0) is 6.92 Å². The fraction of sp³-hybridized carbons (Fsp3) is 0.667. The van der Waals surface area contributed by atoms with E-state index in [-0.39, 0.29) is 31.3 Å². The van der Waals surface area contributed by atoms with Crippen molar-refractivity contribution in [1.82, 2.24) is 9.80 Å². The highest BCUT2D eigenvalue weighted by molar-refractivity contribution is 5.87. The third kappa shape index (κ3) is 2.45. The van der Waals surface area contributed by atoms with Gasteiger partial charge in [0.2, 0.25) is 5.91 Å². The molecule has 0 aliphatic carbocycles. The molecular weight excluding hydrogens is 200 g/mol. The minimum Gasteiger partial charge on any atom is -0.465 e. The average molecular weight is 214 g/mol. The molecule has 0 saturated carbocycles. The van der Waals surface area contributed by atoms with Crippen LogP contribution in [0, 0.1) is 0 Å². The maximum Gasteiger partial charge on any atom is 0.407 e. The number of amides is 2. The molecule has 0 spiro atoms. The van der Waals surface area contributed by atoms with Crippen molar-refractivity contribution in [3.8, 4) is 0 Å². The molecule has 0 radical (unpaired) electrons. The number of piperazine rings is 1. The summed E-state index contributed by atoms with van der Waals surface area (Å²) in [5.41, 5.74) is 0. The first-order valence-corrected chi connectivity index (χ1v) is 4.69. The Morgan fingerprint density at radius 2 is 1.80 bits per heavy atom. The molecule has 1 aliphatic heterocycles. The van der Waals surface area contributed by atoms with Crippen molar-refractivity contribution in [2.75, 3.05) is 19.6 Å². The molecule has 0 aromatic carbocycles. The lowest BCUT2D eigenvalue weighted by Gasteiger charge is -2.38. The second kappa shape index (κ2) is 4.29. The molecule has 1 fully saturated rings. The number of rotatable bonds is 1. The van der Waals surface area contributed by atoms with Crippen LogP contribution in [0.25, 0.3) is 0 Å². The van der Waals surface area contributed by atoms with Crippen LogP contribution in [0.5, 0.6) is 0 Å². The summed E-state index contributed by atoms with van der Waals surface area (Å²) in [6.45, 7) is 3.37. The molecule has 0 aromatic rings. The first-order chi connectivity index (χ1) is 6.93. The van der Waals surface area contributed by atoms with Crippen LogP contribution in [-0.4, -0.2) is 58.4 Å². The largest absolute Gasteiger partial charge is 0.465 e. The van der Waals surface area contributed by atoms with Crippen LogP contribution in [0.15, 0.2) is 0 Å². The number of Topliss-reactive ketones (excluding diaryl/α,β-unsaturated/α-hetero) is 1. The molecule has 15 heavy (non-hydrogen) atoms. The summed E-state index contributed by atoms with van der Waals surface area (Å²) in [6, 6.07) is -0.632. The summed E-state index contributed by atoms with van der Waals surface area (Å²) >= 11 is 0. The van der Waals surface area contributed by atoms with Gasteiger partial charge in [0.15, 0.2) is 5.78 Å². The van der Waals surface area contributed by atoms with E-state index in [1.807, 2.05) is 0 Å². The van der Waals surface area contributed by atoms with Crippen LogP contribution >= 0.6 is 0 Å². The van der Waals surface area contributed by atoms with Gasteiger partial charge < -0.3 is 14.9 Å². The van der Waals surface area contributed by atoms with Crippen molar-refractivity contribution in [1.29, 1.82) is 0 Å². The van der Waals surface area contributed by atoms with Gasteiger partial charge in [0.05, 0.1) is 6.54 Å². The zero-order valence-electron chi connectivity index (χ0n) is 8.77. The van der Waals surface area contributed by atoms with Crippen LogP contribution in [-0.2, 0) is 9.59 Å². The van der Waals surface area contributed by atoms with Crippen LogP contribution in [0.1, 0.15) is 13.8 Å². The molecular formula is C9H14N2O4. The van der Waals surface area contributed by atoms with Crippen molar-refractivity contribution >= 4 is 17.8 Å². The number of carboxylic acid groups (broad SMARTS) is 1. The molecule has 1 unspecified atom stereocenters. The summed E-state index contributed by atoms with van der Waals surface area (Å²) in [5, 5.41) is 8.77. The van der Waals surface area contributed by atoms with E-state index >= 15 is 0 Å². The SMILES string of the molecule is CC(=O)C1CN(C(=O)O)CCN1C(C)=O. The molecule has 6 nitrogen and oxygen atoms in total. The molecule has 1 N–H and O–H groups in total. The van der Waals surface area contributed by atoms with E-state index in [1.54, 1.807) is 0 Å². The van der Waals surface area contributed by atoms with Crippen LogP contribution in [0.3, 0.4) is 0 Å². The van der Waals surface area contributed by atoms with Gasteiger partial charge in [-0.1, -0.05) is 0 Å². The Hall–Kier alpha value is -1.59. The lowest BCUT2D eigenvalue weighted by atomic mass is 10.1. The van der Waals surface area contributed by atoms with Gasteiger partial charge in [0.1, 0.15) is 6.04 Å². The Kier molecular flexibility index (Phi) is 3.28. The van der Waals surface area contributed by atoms with Gasteiger partial charge in [-0.2, -0.15) is 0 Å². The predicted molar refractivity (Wildman–Crippen MR) is 51.5 cm³/mol. The number of carbonyl (C=O) groups is 3. The summed E-state index contributed by atoms with van der Waals surface area (Å²) in [4.78, 5) is 35.8. The van der Waals surface area contributed by atoms with Gasteiger partial charge in [0, 0.05) is 20.0 Å². The number of nitrogens with zero attached hydrogens (tertiary/aromatic N) is 2. The molecule has 84 valence electrons. The molecule has 6 heteroatoms. The third-order valence-electron chi connectivity index (χ3n) is 2.52. The Morgan fingerprint density at radius 3 is 2.20 bits per heavy atom. The monoisotopic (exact) mass is 214 g/mol. The minimum absolute atomic E-state index is 0.0737. The fourth-order valence-corrected chi connectivity index (χ4v) is 1.68. The Labute approximate surface area is 87.5 Å². The molecule has 1 atom stereocenters. The highest BCUT2D eigenvalue weighted by Gasteiger charge is 2.33. The van der Waals surface area contributed by atoms with Crippen molar-refractivity contribution in [2.24, 2.45) is 0 Å². The predicted octanol–water partition coefficient (Wildman–Crippen LogP) is -0.214. The third-order valence-corrected chi connectivity index (χ3v) is 2.52. The quantitative estimate of drug-likeness (QED) is 0.655. The highest BCUT2D eigenvalue weighted by atomic mass is 16.4. The number of ketones is 1. The zero-order chi connectivity index (χ0) is 11.6. The first-order valence-electron chi connectivity index (χ1n) is 4.69. The zero-order valence-corrected chi connectivity index (χ0v) is 8.77. The second-order valence-electron chi connectivity index (χ2n) is 3.57. The van der Waals surface area contributed by atoms with Crippen LogP contribution in [0.4, 0.5) is 4.79 Å². The maximum absolute atomic E-state index is 11.3. The van der Waals surface area contributed by atoms with Crippen molar-refractivity contribution in [3.05, 3.63) is 0 Å². The second-order valence-corrected chi connectivity index (χ2v) is 3.57. The lowest BCUT2D eigenvalue weighted by Crippen LogP contribution is -2.58. The maximum atomic E-state index is 11.3. The Balaban J connectivity index is 2.78. The topological polar surface area (TPSA) is 77.9 Å².